The first-order valence-corrected chi connectivity index (χ1v) is 12.3. The molecule has 1 aromatic heterocycles. The van der Waals surface area contributed by atoms with Gasteiger partial charge in [0.05, 0.1) is 5.52 Å². The minimum absolute atomic E-state index is 0.0601. The van der Waals surface area contributed by atoms with Gasteiger partial charge in [-0.25, -0.2) is 9.59 Å². The normalized spacial score (nSPS) is 14.1. The summed E-state index contributed by atoms with van der Waals surface area (Å²) in [6.07, 6.45) is 5.98. The van der Waals surface area contributed by atoms with Crippen molar-refractivity contribution in [3.05, 3.63) is 65.9 Å². The number of benzene rings is 2. The summed E-state index contributed by atoms with van der Waals surface area (Å²) in [5.41, 5.74) is 2.96. The number of carboxylic acids is 2. The average Bonchev–Trinajstić information content (AvgIpc) is 3.23. The Hall–Kier alpha value is -3.72. The molecule has 0 unspecified atom stereocenters. The SMILES string of the molecule is Cn1nc(C(=O)NCC2CCN(CCCCc3ccccc3)CC2)c2ccccc21.O=C(O)C(=O)O. The lowest BCUT2D eigenvalue weighted by atomic mass is 9.96. The fourth-order valence-corrected chi connectivity index (χ4v) is 4.43. The minimum atomic E-state index is -1.82. The molecule has 2 aromatic carbocycles. The Kier molecular flexibility index (Phi) is 10.00. The van der Waals surface area contributed by atoms with Crippen molar-refractivity contribution in [2.45, 2.75) is 32.1 Å². The van der Waals surface area contributed by atoms with Crippen LogP contribution in [-0.4, -0.2) is 68.9 Å². The largest absolute Gasteiger partial charge is 0.473 e. The van der Waals surface area contributed by atoms with E-state index in [1.807, 2.05) is 31.3 Å². The smallest absolute Gasteiger partial charge is 0.414 e. The summed E-state index contributed by atoms with van der Waals surface area (Å²) in [4.78, 5) is 33.5. The summed E-state index contributed by atoms with van der Waals surface area (Å²) in [5.74, 6) is -3.15. The van der Waals surface area contributed by atoms with Gasteiger partial charge in [-0.15, -0.1) is 0 Å². The van der Waals surface area contributed by atoms with Crippen LogP contribution >= 0.6 is 0 Å². The summed E-state index contributed by atoms with van der Waals surface area (Å²) < 4.78 is 1.78. The molecular weight excluding hydrogens is 460 g/mol. The van der Waals surface area contributed by atoms with Crippen molar-refractivity contribution in [1.29, 1.82) is 0 Å². The lowest BCUT2D eigenvalue weighted by Gasteiger charge is -2.32. The highest BCUT2D eigenvalue weighted by molar-refractivity contribution is 6.27. The first-order chi connectivity index (χ1) is 17.3. The van der Waals surface area contributed by atoms with Crippen LogP contribution in [0.15, 0.2) is 54.6 Å². The molecular formula is C27H34N4O5. The summed E-state index contributed by atoms with van der Waals surface area (Å²) in [7, 11) is 1.88. The van der Waals surface area contributed by atoms with Crippen LogP contribution in [0.4, 0.5) is 0 Å². The standard InChI is InChI=1S/C25H32N4O.C2H2O4/c1-28-23-13-6-5-12-22(23)24(27-28)25(30)26-19-21-14-17-29(18-15-21)16-8-7-11-20-9-3-2-4-10-20;3-1(4)2(5)6/h2-6,9-10,12-13,21H,7-8,11,14-19H2,1H3,(H,26,30);(H,3,4)(H,5,6). The van der Waals surface area contributed by atoms with E-state index in [4.69, 9.17) is 19.8 Å². The van der Waals surface area contributed by atoms with Gasteiger partial charge in [0, 0.05) is 19.0 Å². The molecule has 3 aromatic rings. The summed E-state index contributed by atoms with van der Waals surface area (Å²) >= 11 is 0. The second-order valence-electron chi connectivity index (χ2n) is 9.04. The van der Waals surface area contributed by atoms with Crippen molar-refractivity contribution >= 4 is 28.7 Å². The van der Waals surface area contributed by atoms with Crippen LogP contribution in [0.1, 0.15) is 41.7 Å². The number of rotatable bonds is 8. The Balaban J connectivity index is 0.000000538. The molecule has 1 fully saturated rings. The highest BCUT2D eigenvalue weighted by Crippen LogP contribution is 2.19. The van der Waals surface area contributed by atoms with Gasteiger partial charge in [-0.2, -0.15) is 5.10 Å². The molecule has 192 valence electrons. The van der Waals surface area contributed by atoms with E-state index in [1.54, 1.807) is 4.68 Å². The molecule has 9 heteroatoms. The maximum atomic E-state index is 12.7. The number of amides is 1. The van der Waals surface area contributed by atoms with Gasteiger partial charge in [-0.05, 0) is 69.3 Å². The molecule has 1 saturated heterocycles. The maximum Gasteiger partial charge on any atom is 0.414 e. The van der Waals surface area contributed by atoms with Gasteiger partial charge in [0.15, 0.2) is 5.69 Å². The number of hydrogen-bond donors (Lipinski definition) is 3. The summed E-state index contributed by atoms with van der Waals surface area (Å²) in [5, 5.41) is 23.3. The molecule has 9 nitrogen and oxygen atoms in total. The van der Waals surface area contributed by atoms with Gasteiger partial charge < -0.3 is 20.4 Å². The predicted octanol–water partition coefficient (Wildman–Crippen LogP) is 3.19. The van der Waals surface area contributed by atoms with E-state index >= 15 is 0 Å². The lowest BCUT2D eigenvalue weighted by molar-refractivity contribution is -0.159. The molecule has 0 spiro atoms. The number of piperidine rings is 1. The number of carboxylic acid groups (broad SMARTS) is 2. The van der Waals surface area contributed by atoms with Crippen LogP contribution in [0.25, 0.3) is 10.9 Å². The van der Waals surface area contributed by atoms with E-state index < -0.39 is 11.9 Å². The Morgan fingerprint density at radius 1 is 0.944 bits per heavy atom. The first-order valence-electron chi connectivity index (χ1n) is 12.3. The van der Waals surface area contributed by atoms with Crippen LogP contribution in [-0.2, 0) is 23.1 Å². The van der Waals surface area contributed by atoms with Crippen molar-refractivity contribution in [2.75, 3.05) is 26.2 Å². The molecule has 4 rings (SSSR count). The topological polar surface area (TPSA) is 125 Å². The van der Waals surface area contributed by atoms with Crippen LogP contribution < -0.4 is 5.32 Å². The molecule has 0 bridgehead atoms. The van der Waals surface area contributed by atoms with Crippen LogP contribution in [0, 0.1) is 5.92 Å². The average molecular weight is 495 g/mol. The molecule has 0 aliphatic carbocycles. The number of aryl methyl sites for hydroxylation is 2. The van der Waals surface area contributed by atoms with E-state index in [0.717, 1.165) is 43.4 Å². The van der Waals surface area contributed by atoms with Gasteiger partial charge in [0.2, 0.25) is 0 Å². The number of aliphatic carboxylic acids is 2. The van der Waals surface area contributed by atoms with Crippen molar-refractivity contribution in [3.8, 4) is 0 Å². The van der Waals surface area contributed by atoms with Crippen molar-refractivity contribution in [1.82, 2.24) is 20.0 Å². The Morgan fingerprint density at radius 2 is 1.58 bits per heavy atom. The highest BCUT2D eigenvalue weighted by Gasteiger charge is 2.21. The minimum Gasteiger partial charge on any atom is -0.473 e. The number of nitrogens with one attached hydrogen (secondary N) is 1. The molecule has 0 radical (unpaired) electrons. The van der Waals surface area contributed by atoms with Gasteiger partial charge in [0.1, 0.15) is 0 Å². The Bertz CT molecular complexity index is 1140. The second kappa shape index (κ2) is 13.4. The zero-order valence-corrected chi connectivity index (χ0v) is 20.6. The molecule has 0 saturated carbocycles. The monoisotopic (exact) mass is 494 g/mol. The van der Waals surface area contributed by atoms with Crippen molar-refractivity contribution in [3.63, 3.8) is 0 Å². The zero-order chi connectivity index (χ0) is 25.9. The van der Waals surface area contributed by atoms with Gasteiger partial charge >= 0.3 is 11.9 Å². The van der Waals surface area contributed by atoms with Crippen LogP contribution in [0.3, 0.4) is 0 Å². The van der Waals surface area contributed by atoms with E-state index in [-0.39, 0.29) is 5.91 Å². The third kappa shape index (κ3) is 7.91. The number of para-hydroxylation sites is 1. The van der Waals surface area contributed by atoms with E-state index in [0.29, 0.717) is 11.6 Å². The number of carbonyl (C=O) groups is 3. The van der Waals surface area contributed by atoms with E-state index in [2.05, 4.69) is 45.6 Å². The number of carbonyl (C=O) groups excluding carboxylic acids is 1. The number of likely N-dealkylation sites (tertiary alicyclic amines) is 1. The predicted molar refractivity (Wildman–Crippen MR) is 137 cm³/mol. The van der Waals surface area contributed by atoms with Gasteiger partial charge in [0.25, 0.3) is 5.91 Å². The molecule has 1 aliphatic rings. The number of unbranched alkanes of at least 4 members (excludes halogenated alkanes) is 1. The van der Waals surface area contributed by atoms with Gasteiger partial charge in [-0.3, -0.25) is 9.48 Å². The Morgan fingerprint density at radius 3 is 2.25 bits per heavy atom. The summed E-state index contributed by atoms with van der Waals surface area (Å²) in [6.45, 7) is 4.20. The highest BCUT2D eigenvalue weighted by atomic mass is 16.4. The second-order valence-corrected chi connectivity index (χ2v) is 9.04. The summed E-state index contributed by atoms with van der Waals surface area (Å²) in [6, 6.07) is 18.6. The van der Waals surface area contributed by atoms with E-state index in [1.165, 1.54) is 31.4 Å². The van der Waals surface area contributed by atoms with Crippen molar-refractivity contribution < 1.29 is 24.6 Å². The number of aromatic nitrogens is 2. The molecule has 1 amide bonds. The van der Waals surface area contributed by atoms with Gasteiger partial charge in [-0.1, -0.05) is 48.5 Å². The first kappa shape index (κ1) is 26.9. The fraction of sp³-hybridized carbons (Fsp3) is 0.407. The molecule has 36 heavy (non-hydrogen) atoms. The fourth-order valence-electron chi connectivity index (χ4n) is 4.43. The Labute approximate surface area is 210 Å². The zero-order valence-electron chi connectivity index (χ0n) is 20.6. The molecule has 1 aliphatic heterocycles. The lowest BCUT2D eigenvalue weighted by Crippen LogP contribution is -2.39. The van der Waals surface area contributed by atoms with Crippen LogP contribution in [0.5, 0.6) is 0 Å². The van der Waals surface area contributed by atoms with Crippen LogP contribution in [0.2, 0.25) is 0 Å². The van der Waals surface area contributed by atoms with Crippen molar-refractivity contribution in [2.24, 2.45) is 13.0 Å². The third-order valence-corrected chi connectivity index (χ3v) is 6.45. The molecule has 3 N–H and O–H groups in total. The number of nitrogens with zero attached hydrogens (tertiary/aromatic N) is 3. The number of hydrogen-bond acceptors (Lipinski definition) is 5. The molecule has 0 atom stereocenters. The quantitative estimate of drug-likeness (QED) is 0.324. The van der Waals surface area contributed by atoms with E-state index in [9.17, 15) is 4.79 Å². The maximum absolute atomic E-state index is 12.7. The number of fused-ring (bicyclic) bond motifs is 1. The third-order valence-electron chi connectivity index (χ3n) is 6.45. The molecule has 2 heterocycles.